The molecular weight excluding hydrogens is 513 g/mol. The van der Waals surface area contributed by atoms with Gasteiger partial charge in [-0.2, -0.15) is 39.5 Å². The summed E-state index contributed by atoms with van der Waals surface area (Å²) in [4.78, 5) is 4.96. The van der Waals surface area contributed by atoms with Gasteiger partial charge in [0.05, 0.1) is 16.7 Å². The lowest BCUT2D eigenvalue weighted by atomic mass is 9.97. The van der Waals surface area contributed by atoms with Crippen LogP contribution in [0.25, 0.3) is 0 Å². The molecule has 0 spiro atoms. The molecular formula is C23H13ClF9NO. The SMILES string of the molecule is FC(F)(F)c1ccc(CO/N=C(\c2ccccc2)c2cc(Cl)ccc2C(F)(F)F)c(C(F)(F)F)c1. The van der Waals surface area contributed by atoms with Crippen LogP contribution in [-0.4, -0.2) is 5.71 Å². The highest BCUT2D eigenvalue weighted by Crippen LogP contribution is 2.38. The Morgan fingerprint density at radius 2 is 1.34 bits per heavy atom. The molecule has 2 nitrogen and oxygen atoms in total. The second-order valence-electron chi connectivity index (χ2n) is 7.13. The third kappa shape index (κ3) is 6.47. The number of rotatable bonds is 5. The van der Waals surface area contributed by atoms with Crippen molar-refractivity contribution in [2.75, 3.05) is 0 Å². The number of oxime groups is 1. The molecule has 0 radical (unpaired) electrons. The molecule has 3 aromatic rings. The van der Waals surface area contributed by atoms with Crippen LogP contribution in [0.2, 0.25) is 5.02 Å². The van der Waals surface area contributed by atoms with Crippen LogP contribution in [0.15, 0.2) is 71.9 Å². The van der Waals surface area contributed by atoms with Gasteiger partial charge in [0.2, 0.25) is 0 Å². The minimum absolute atomic E-state index is 0.0702. The Bertz CT molecular complexity index is 1220. The first-order valence-electron chi connectivity index (χ1n) is 9.57. The fraction of sp³-hybridized carbons (Fsp3) is 0.174. The Kier molecular flexibility index (Phi) is 7.39. The number of hydrogen-bond acceptors (Lipinski definition) is 2. The van der Waals surface area contributed by atoms with Crippen molar-refractivity contribution in [1.82, 2.24) is 0 Å². The van der Waals surface area contributed by atoms with Gasteiger partial charge in [-0.1, -0.05) is 53.2 Å². The van der Waals surface area contributed by atoms with Crippen molar-refractivity contribution < 1.29 is 44.4 Å². The Hall–Kier alpha value is -3.21. The molecule has 0 aliphatic heterocycles. The Balaban J connectivity index is 2.06. The van der Waals surface area contributed by atoms with Crippen molar-refractivity contribution in [2.24, 2.45) is 5.16 Å². The van der Waals surface area contributed by atoms with Crippen LogP contribution >= 0.6 is 11.6 Å². The zero-order valence-electron chi connectivity index (χ0n) is 17.2. The van der Waals surface area contributed by atoms with Gasteiger partial charge < -0.3 is 4.84 Å². The summed E-state index contributed by atoms with van der Waals surface area (Å²) in [6.45, 7) is -0.967. The summed E-state index contributed by atoms with van der Waals surface area (Å²) in [5.41, 5.74) is -5.70. The second kappa shape index (κ2) is 9.80. The molecule has 0 bridgehead atoms. The smallest absolute Gasteiger partial charge is 0.390 e. The molecule has 0 aliphatic rings. The Labute approximate surface area is 197 Å². The van der Waals surface area contributed by atoms with Gasteiger partial charge in [0.1, 0.15) is 12.3 Å². The van der Waals surface area contributed by atoms with Crippen molar-refractivity contribution in [3.63, 3.8) is 0 Å². The van der Waals surface area contributed by atoms with Gasteiger partial charge in [0.25, 0.3) is 0 Å². The maximum Gasteiger partial charge on any atom is 0.417 e. The summed E-state index contributed by atoms with van der Waals surface area (Å²) < 4.78 is 119. The van der Waals surface area contributed by atoms with Gasteiger partial charge in [0, 0.05) is 21.7 Å². The van der Waals surface area contributed by atoms with E-state index < -0.39 is 53.0 Å². The highest BCUT2D eigenvalue weighted by Gasteiger charge is 2.38. The average molecular weight is 526 g/mol. The number of nitrogens with zero attached hydrogens (tertiary/aromatic N) is 1. The first kappa shape index (κ1) is 26.4. The van der Waals surface area contributed by atoms with Crippen LogP contribution in [0.5, 0.6) is 0 Å². The summed E-state index contributed by atoms with van der Waals surface area (Å²) in [6, 6.07) is 11.0. The zero-order chi connectivity index (χ0) is 26.0. The number of hydrogen-bond donors (Lipinski definition) is 0. The van der Waals surface area contributed by atoms with E-state index in [2.05, 4.69) is 5.16 Å². The minimum atomic E-state index is -5.15. The number of benzene rings is 3. The number of alkyl halides is 9. The van der Waals surface area contributed by atoms with Crippen molar-refractivity contribution in [2.45, 2.75) is 25.1 Å². The monoisotopic (exact) mass is 525 g/mol. The van der Waals surface area contributed by atoms with Crippen LogP contribution in [0.1, 0.15) is 33.4 Å². The molecule has 3 rings (SSSR count). The molecule has 0 aliphatic carbocycles. The largest absolute Gasteiger partial charge is 0.417 e. The Morgan fingerprint density at radius 1 is 0.714 bits per heavy atom. The highest BCUT2D eigenvalue weighted by molar-refractivity contribution is 6.31. The van der Waals surface area contributed by atoms with Crippen molar-refractivity contribution in [1.29, 1.82) is 0 Å². The summed E-state index contributed by atoms with van der Waals surface area (Å²) in [6.07, 6.45) is -15.0. The minimum Gasteiger partial charge on any atom is -0.390 e. The third-order valence-corrected chi connectivity index (χ3v) is 4.94. The molecule has 12 heteroatoms. The summed E-state index contributed by atoms with van der Waals surface area (Å²) in [5.74, 6) is 0. The maximum atomic E-state index is 13.6. The molecule has 0 aromatic heterocycles. The van der Waals surface area contributed by atoms with E-state index in [0.717, 1.165) is 12.1 Å². The van der Waals surface area contributed by atoms with Gasteiger partial charge in [-0.3, -0.25) is 0 Å². The molecule has 0 saturated heterocycles. The lowest BCUT2D eigenvalue weighted by Gasteiger charge is -2.17. The Morgan fingerprint density at radius 3 is 1.91 bits per heavy atom. The van der Waals surface area contributed by atoms with Gasteiger partial charge >= 0.3 is 18.5 Å². The van der Waals surface area contributed by atoms with Gasteiger partial charge in [-0.15, -0.1) is 0 Å². The van der Waals surface area contributed by atoms with E-state index >= 15 is 0 Å². The fourth-order valence-corrected chi connectivity index (χ4v) is 3.29. The van der Waals surface area contributed by atoms with Crippen LogP contribution in [0, 0.1) is 0 Å². The van der Waals surface area contributed by atoms with E-state index in [0.29, 0.717) is 18.2 Å². The molecule has 0 unspecified atom stereocenters. The molecule has 0 saturated carbocycles. The van der Waals surface area contributed by atoms with Gasteiger partial charge in [-0.05, 0) is 30.3 Å². The standard InChI is InChI=1S/C23H13ClF9NO/c24-16-8-9-18(22(28,29)30)17(11-16)20(13-4-2-1-3-5-13)34-35-12-14-6-7-15(21(25,26)27)10-19(14)23(31,32)33/h1-11H,12H2/b34-20+. The highest BCUT2D eigenvalue weighted by atomic mass is 35.5. The van der Waals surface area contributed by atoms with Gasteiger partial charge in [-0.25, -0.2) is 0 Å². The molecule has 35 heavy (non-hydrogen) atoms. The van der Waals surface area contributed by atoms with E-state index in [9.17, 15) is 39.5 Å². The van der Waals surface area contributed by atoms with Crippen molar-refractivity contribution in [3.8, 4) is 0 Å². The predicted molar refractivity (Wildman–Crippen MR) is 110 cm³/mol. The van der Waals surface area contributed by atoms with E-state index in [1.807, 2.05) is 0 Å². The van der Waals surface area contributed by atoms with Crippen LogP contribution in [0.3, 0.4) is 0 Å². The summed E-state index contributed by atoms with van der Waals surface area (Å²) >= 11 is 5.87. The number of halogens is 10. The van der Waals surface area contributed by atoms with Crippen LogP contribution in [-0.2, 0) is 30.0 Å². The molecule has 0 atom stereocenters. The zero-order valence-corrected chi connectivity index (χ0v) is 17.9. The van der Waals surface area contributed by atoms with E-state index in [-0.39, 0.29) is 22.4 Å². The first-order valence-corrected chi connectivity index (χ1v) is 9.95. The average Bonchev–Trinajstić information content (AvgIpc) is 2.75. The quantitative estimate of drug-likeness (QED) is 0.186. The van der Waals surface area contributed by atoms with Crippen LogP contribution in [0.4, 0.5) is 39.5 Å². The van der Waals surface area contributed by atoms with E-state index in [1.165, 1.54) is 24.3 Å². The molecule has 0 amide bonds. The van der Waals surface area contributed by atoms with E-state index in [1.54, 1.807) is 6.07 Å². The molecule has 3 aromatic carbocycles. The third-order valence-electron chi connectivity index (χ3n) is 4.71. The summed E-state index contributed by atoms with van der Waals surface area (Å²) in [5, 5.41) is 3.57. The molecule has 0 N–H and O–H groups in total. The van der Waals surface area contributed by atoms with Crippen molar-refractivity contribution in [3.05, 3.63) is 105 Å². The lowest BCUT2D eigenvalue weighted by molar-refractivity contribution is -0.144. The lowest BCUT2D eigenvalue weighted by Crippen LogP contribution is -2.16. The maximum absolute atomic E-state index is 13.6. The molecule has 186 valence electrons. The summed E-state index contributed by atoms with van der Waals surface area (Å²) in [7, 11) is 0. The van der Waals surface area contributed by atoms with Crippen LogP contribution < -0.4 is 0 Å². The van der Waals surface area contributed by atoms with E-state index in [4.69, 9.17) is 16.4 Å². The normalized spacial score (nSPS) is 13.1. The van der Waals surface area contributed by atoms with Crippen molar-refractivity contribution >= 4 is 17.3 Å². The molecule has 0 heterocycles. The molecule has 0 fully saturated rings. The second-order valence-corrected chi connectivity index (χ2v) is 7.57. The first-order chi connectivity index (χ1) is 16.2. The fourth-order valence-electron chi connectivity index (χ4n) is 3.12. The predicted octanol–water partition coefficient (Wildman–Crippen LogP) is 8.37. The van der Waals surface area contributed by atoms with Gasteiger partial charge in [0.15, 0.2) is 0 Å². The topological polar surface area (TPSA) is 21.6 Å².